The van der Waals surface area contributed by atoms with Crippen molar-refractivity contribution in [2.24, 2.45) is 0 Å². The van der Waals surface area contributed by atoms with Gasteiger partial charge in [0.15, 0.2) is 0 Å². The molecule has 41 heavy (non-hydrogen) atoms. The molecule has 1 aliphatic heterocycles. The zero-order valence-electron chi connectivity index (χ0n) is 27.4. The molecule has 0 unspecified atom stereocenters. The molecule has 0 bridgehead atoms. The van der Waals surface area contributed by atoms with Crippen molar-refractivity contribution in [1.29, 1.82) is 0 Å². The Morgan fingerprint density at radius 3 is 1.49 bits per heavy atom. The fourth-order valence-electron chi connectivity index (χ4n) is 5.27. The van der Waals surface area contributed by atoms with Gasteiger partial charge in [-0.2, -0.15) is 13.8 Å². The summed E-state index contributed by atoms with van der Waals surface area (Å²) in [6.07, 6.45) is 17.2. The summed E-state index contributed by atoms with van der Waals surface area (Å²) < 4.78 is 1.51. The first-order valence-corrected chi connectivity index (χ1v) is 16.2. The predicted octanol–water partition coefficient (Wildman–Crippen LogP) is 11.9. The van der Waals surface area contributed by atoms with Crippen LogP contribution in [0.3, 0.4) is 0 Å². The molecule has 0 radical (unpaired) electrons. The summed E-state index contributed by atoms with van der Waals surface area (Å²) in [5, 5.41) is 0. The normalized spacial score (nSPS) is 12.2. The van der Waals surface area contributed by atoms with Crippen LogP contribution in [0.5, 0.6) is 0 Å². The van der Waals surface area contributed by atoms with E-state index in [1.807, 2.05) is 0 Å². The van der Waals surface area contributed by atoms with E-state index in [-0.39, 0.29) is 20.4 Å². The SMILES string of the molecule is CCCCCCC1=C(c2cc(CCCC)cc(CCCC)c2)[N+](=[N-])C(c2cc(CC)cc(CC)c2)=C1.[CH2-]C.[CH2-]C.[Pd+2]. The number of aryl methyl sites for hydroxylation is 4. The van der Waals surface area contributed by atoms with Crippen LogP contribution in [0.1, 0.15) is 140 Å². The molecule has 0 aliphatic carbocycles. The summed E-state index contributed by atoms with van der Waals surface area (Å²) in [6, 6.07) is 13.9. The minimum absolute atomic E-state index is 0. The number of unbranched alkanes of at least 4 members (excludes halogenated alkanes) is 5. The van der Waals surface area contributed by atoms with Gasteiger partial charge in [-0.15, -0.1) is 0 Å². The van der Waals surface area contributed by atoms with Crippen molar-refractivity contribution in [3.63, 3.8) is 0 Å². The Hall–Kier alpha value is -1.82. The molecule has 0 N–H and O–H groups in total. The standard InChI is InChI=1S/C34H48N2.2C2H5.Pd/c1-6-11-14-15-18-30-25-33(31-21-26(9-4)19-27(10-5)22-31)36(35)34(30)32-23-28(16-12-7-2)20-29(24-32)17-13-8-3;2*1-2;/h19-25H,6-18H2,1-5H3;2*1H2,2H3;/q;2*-1;+2. The minimum atomic E-state index is 0. The summed E-state index contributed by atoms with van der Waals surface area (Å²) in [7, 11) is 0. The predicted molar refractivity (Wildman–Crippen MR) is 178 cm³/mol. The van der Waals surface area contributed by atoms with E-state index in [0.29, 0.717) is 0 Å². The first-order valence-electron chi connectivity index (χ1n) is 16.2. The van der Waals surface area contributed by atoms with Gasteiger partial charge in [-0.05, 0) is 97.9 Å². The van der Waals surface area contributed by atoms with E-state index in [4.69, 9.17) is 0 Å². The molecular formula is C38H58N2Pd. The third-order valence-corrected chi connectivity index (χ3v) is 7.48. The smallest absolute Gasteiger partial charge is 0.493 e. The first-order chi connectivity index (χ1) is 19.5. The Morgan fingerprint density at radius 2 is 1.02 bits per heavy atom. The number of benzene rings is 2. The summed E-state index contributed by atoms with van der Waals surface area (Å²) >= 11 is 0. The minimum Gasteiger partial charge on any atom is -0.493 e. The number of nitrogens with zero attached hydrogens (tertiary/aromatic N) is 2. The average molecular weight is 649 g/mol. The number of rotatable bonds is 15. The molecule has 0 aromatic heterocycles. The van der Waals surface area contributed by atoms with E-state index < -0.39 is 0 Å². The van der Waals surface area contributed by atoms with Crippen LogP contribution in [0.4, 0.5) is 0 Å². The molecule has 0 atom stereocenters. The van der Waals surface area contributed by atoms with Gasteiger partial charge in [-0.1, -0.05) is 78.9 Å². The quantitative estimate of drug-likeness (QED) is 0.0794. The van der Waals surface area contributed by atoms with Crippen LogP contribution in [0.2, 0.25) is 0 Å². The Balaban J connectivity index is 0.00000306. The second-order valence-electron chi connectivity index (χ2n) is 10.5. The van der Waals surface area contributed by atoms with Crippen molar-refractivity contribution in [3.05, 3.63) is 101 Å². The molecule has 2 nitrogen and oxygen atoms in total. The number of hydrogen-bond acceptors (Lipinski definition) is 0. The van der Waals surface area contributed by atoms with Gasteiger partial charge in [-0.25, -0.2) is 4.70 Å². The van der Waals surface area contributed by atoms with Crippen molar-refractivity contribution in [2.75, 3.05) is 0 Å². The van der Waals surface area contributed by atoms with E-state index >= 15 is 0 Å². The molecule has 2 aromatic carbocycles. The van der Waals surface area contributed by atoms with Gasteiger partial charge in [0.1, 0.15) is 0 Å². The maximum atomic E-state index is 11.7. The number of hydrogen-bond donors (Lipinski definition) is 0. The third-order valence-electron chi connectivity index (χ3n) is 7.48. The molecule has 3 heteroatoms. The van der Waals surface area contributed by atoms with Gasteiger partial charge in [0.25, 0.3) is 0 Å². The van der Waals surface area contributed by atoms with Crippen LogP contribution in [-0.2, 0) is 46.1 Å². The Labute approximate surface area is 268 Å². The maximum Gasteiger partial charge on any atom is 2.00 e. The van der Waals surface area contributed by atoms with Gasteiger partial charge in [-0.3, -0.25) is 0 Å². The van der Waals surface area contributed by atoms with Crippen molar-refractivity contribution < 1.29 is 25.1 Å². The van der Waals surface area contributed by atoms with Crippen molar-refractivity contribution in [2.45, 2.75) is 132 Å². The first kappa shape index (κ1) is 39.2. The molecule has 2 aromatic rings. The van der Waals surface area contributed by atoms with Crippen LogP contribution < -0.4 is 0 Å². The van der Waals surface area contributed by atoms with Crippen molar-refractivity contribution >= 4 is 11.4 Å². The summed E-state index contributed by atoms with van der Waals surface area (Å²) in [5.41, 5.74) is 22.7. The van der Waals surface area contributed by atoms with Crippen LogP contribution >= 0.6 is 0 Å². The Bertz CT molecular complexity index is 1040. The molecule has 0 saturated carbocycles. The monoisotopic (exact) mass is 648 g/mol. The molecule has 230 valence electrons. The maximum absolute atomic E-state index is 11.7. The molecule has 0 amide bonds. The van der Waals surface area contributed by atoms with Crippen LogP contribution in [0.25, 0.3) is 16.9 Å². The van der Waals surface area contributed by atoms with E-state index in [1.54, 1.807) is 13.8 Å². The molecule has 0 saturated heterocycles. The molecule has 0 fully saturated rings. The zero-order chi connectivity index (χ0) is 29.9. The van der Waals surface area contributed by atoms with E-state index in [0.717, 1.165) is 55.5 Å². The average Bonchev–Trinajstić information content (AvgIpc) is 3.34. The van der Waals surface area contributed by atoms with E-state index in [9.17, 15) is 5.53 Å². The molecule has 1 aliphatic rings. The summed E-state index contributed by atoms with van der Waals surface area (Å²) in [6.45, 7) is 21.2. The fourth-order valence-corrected chi connectivity index (χ4v) is 5.27. The number of allylic oxidation sites excluding steroid dienone is 2. The molecular weight excluding hydrogens is 591 g/mol. The Morgan fingerprint density at radius 1 is 0.561 bits per heavy atom. The molecule has 1 heterocycles. The third kappa shape index (κ3) is 12.1. The molecule has 3 rings (SSSR count). The van der Waals surface area contributed by atoms with Gasteiger partial charge >= 0.3 is 20.4 Å². The van der Waals surface area contributed by atoms with E-state index in [1.165, 1.54) is 83.0 Å². The largest absolute Gasteiger partial charge is 2.00 e. The van der Waals surface area contributed by atoms with Gasteiger partial charge in [0, 0.05) is 22.8 Å². The van der Waals surface area contributed by atoms with Gasteiger partial charge in [0.2, 0.25) is 11.4 Å². The van der Waals surface area contributed by atoms with Crippen molar-refractivity contribution in [3.8, 4) is 0 Å². The van der Waals surface area contributed by atoms with Gasteiger partial charge in [0.05, 0.1) is 0 Å². The fraction of sp³-hybridized carbons (Fsp3) is 0.526. The zero-order valence-corrected chi connectivity index (χ0v) is 28.9. The topological polar surface area (TPSA) is 25.3 Å². The molecule has 0 spiro atoms. The second-order valence-corrected chi connectivity index (χ2v) is 10.5. The van der Waals surface area contributed by atoms with Crippen LogP contribution in [-0.4, -0.2) is 4.70 Å². The summed E-state index contributed by atoms with van der Waals surface area (Å²) in [4.78, 5) is 0. The van der Waals surface area contributed by atoms with Crippen molar-refractivity contribution in [1.82, 2.24) is 0 Å². The Kier molecular flexibility index (Phi) is 21.7. The second kappa shape index (κ2) is 22.7. The van der Waals surface area contributed by atoms with Crippen LogP contribution in [0, 0.1) is 13.8 Å². The van der Waals surface area contributed by atoms with Crippen LogP contribution in [0.15, 0.2) is 48.0 Å². The van der Waals surface area contributed by atoms with Gasteiger partial charge < -0.3 is 19.4 Å². The van der Waals surface area contributed by atoms with E-state index in [2.05, 4.69) is 90.9 Å². The summed E-state index contributed by atoms with van der Waals surface area (Å²) in [5.74, 6) is 0.